The standard InChI is InChI=1S/C11H20N2O4/c1-4-7(2)12-11(16)13(3)9-6-17-5-8(9)10(14)15/h7-9H,4-6H2,1-3H3,(H,12,16)(H,14,15). The third-order valence-electron chi connectivity index (χ3n) is 3.17. The largest absolute Gasteiger partial charge is 0.481 e. The van der Waals surface area contributed by atoms with Gasteiger partial charge in [0.2, 0.25) is 0 Å². The first kappa shape index (κ1) is 13.8. The van der Waals surface area contributed by atoms with E-state index in [1.54, 1.807) is 7.05 Å². The Morgan fingerprint density at radius 2 is 2.18 bits per heavy atom. The molecule has 1 rings (SSSR count). The fraction of sp³-hybridized carbons (Fsp3) is 0.818. The highest BCUT2D eigenvalue weighted by molar-refractivity contribution is 5.77. The second kappa shape index (κ2) is 5.86. The van der Waals surface area contributed by atoms with Crippen LogP contribution < -0.4 is 5.32 Å². The number of carbonyl (C=O) groups is 2. The molecule has 1 heterocycles. The minimum atomic E-state index is -0.921. The van der Waals surface area contributed by atoms with Crippen molar-refractivity contribution < 1.29 is 19.4 Å². The molecule has 0 saturated carbocycles. The van der Waals surface area contributed by atoms with Crippen molar-refractivity contribution >= 4 is 12.0 Å². The highest BCUT2D eigenvalue weighted by Crippen LogP contribution is 2.19. The average molecular weight is 244 g/mol. The van der Waals surface area contributed by atoms with Gasteiger partial charge in [0.05, 0.1) is 19.3 Å². The van der Waals surface area contributed by atoms with Crippen molar-refractivity contribution in [3.8, 4) is 0 Å². The molecule has 17 heavy (non-hydrogen) atoms. The molecule has 98 valence electrons. The molecule has 3 atom stereocenters. The van der Waals surface area contributed by atoms with Gasteiger partial charge in [-0.3, -0.25) is 4.79 Å². The molecule has 1 aliphatic rings. The van der Waals surface area contributed by atoms with Gasteiger partial charge in [0.25, 0.3) is 0 Å². The number of ether oxygens (including phenoxy) is 1. The number of amides is 2. The monoisotopic (exact) mass is 244 g/mol. The van der Waals surface area contributed by atoms with Gasteiger partial charge in [-0.2, -0.15) is 0 Å². The van der Waals surface area contributed by atoms with Crippen LogP contribution in [0.1, 0.15) is 20.3 Å². The van der Waals surface area contributed by atoms with Gasteiger partial charge in [-0.25, -0.2) is 4.79 Å². The summed E-state index contributed by atoms with van der Waals surface area (Å²) in [4.78, 5) is 24.2. The summed E-state index contributed by atoms with van der Waals surface area (Å²) >= 11 is 0. The molecule has 6 nitrogen and oxygen atoms in total. The van der Waals surface area contributed by atoms with Crippen LogP contribution in [0.5, 0.6) is 0 Å². The number of nitrogens with zero attached hydrogens (tertiary/aromatic N) is 1. The number of urea groups is 1. The molecule has 0 aromatic heterocycles. The van der Waals surface area contributed by atoms with Crippen LogP contribution in [0.3, 0.4) is 0 Å². The number of hydrogen-bond donors (Lipinski definition) is 2. The zero-order valence-electron chi connectivity index (χ0n) is 10.5. The topological polar surface area (TPSA) is 78.9 Å². The van der Waals surface area contributed by atoms with Gasteiger partial charge in [0, 0.05) is 13.1 Å². The first-order valence-electron chi connectivity index (χ1n) is 5.81. The molecule has 0 bridgehead atoms. The lowest BCUT2D eigenvalue weighted by Gasteiger charge is -2.27. The maximum absolute atomic E-state index is 11.8. The van der Waals surface area contributed by atoms with Crippen molar-refractivity contribution in [2.75, 3.05) is 20.3 Å². The molecule has 0 spiro atoms. The van der Waals surface area contributed by atoms with E-state index < -0.39 is 17.9 Å². The minimum Gasteiger partial charge on any atom is -0.481 e. The highest BCUT2D eigenvalue weighted by atomic mass is 16.5. The van der Waals surface area contributed by atoms with Crippen LogP contribution >= 0.6 is 0 Å². The van der Waals surface area contributed by atoms with Gasteiger partial charge in [-0.15, -0.1) is 0 Å². The van der Waals surface area contributed by atoms with Crippen LogP contribution in [0, 0.1) is 5.92 Å². The van der Waals surface area contributed by atoms with E-state index in [0.717, 1.165) is 6.42 Å². The number of carboxylic acids is 1. The molecule has 2 amide bonds. The predicted octanol–water partition coefficient (Wildman–Crippen LogP) is 0.526. The Morgan fingerprint density at radius 1 is 1.53 bits per heavy atom. The van der Waals surface area contributed by atoms with Crippen LogP contribution in [-0.4, -0.2) is 54.4 Å². The van der Waals surface area contributed by atoms with Gasteiger partial charge in [0.1, 0.15) is 5.92 Å². The third-order valence-corrected chi connectivity index (χ3v) is 3.17. The van der Waals surface area contributed by atoms with Crippen molar-refractivity contribution in [2.45, 2.75) is 32.4 Å². The summed E-state index contributed by atoms with van der Waals surface area (Å²) < 4.78 is 5.13. The summed E-state index contributed by atoms with van der Waals surface area (Å²) in [7, 11) is 1.60. The molecular weight excluding hydrogens is 224 g/mol. The summed E-state index contributed by atoms with van der Waals surface area (Å²) in [6.45, 7) is 4.33. The van der Waals surface area contributed by atoms with Crippen LogP contribution in [0.2, 0.25) is 0 Å². The number of aliphatic carboxylic acids is 1. The summed E-state index contributed by atoms with van der Waals surface area (Å²) in [5, 5.41) is 11.8. The second-order valence-electron chi connectivity index (χ2n) is 4.42. The Balaban J connectivity index is 2.59. The summed E-state index contributed by atoms with van der Waals surface area (Å²) in [6, 6.07) is -0.562. The number of nitrogens with one attached hydrogen (secondary N) is 1. The maximum Gasteiger partial charge on any atom is 0.317 e. The molecule has 1 aliphatic heterocycles. The lowest BCUT2D eigenvalue weighted by molar-refractivity contribution is -0.142. The Labute approximate surface area is 101 Å². The van der Waals surface area contributed by atoms with Crippen molar-refractivity contribution in [1.29, 1.82) is 0 Å². The van der Waals surface area contributed by atoms with Gasteiger partial charge in [0.15, 0.2) is 0 Å². The lowest BCUT2D eigenvalue weighted by Crippen LogP contribution is -2.50. The fourth-order valence-electron chi connectivity index (χ4n) is 1.73. The molecule has 2 N–H and O–H groups in total. The van der Waals surface area contributed by atoms with Gasteiger partial charge in [-0.1, -0.05) is 6.92 Å². The van der Waals surface area contributed by atoms with E-state index in [0.29, 0.717) is 0 Å². The van der Waals surface area contributed by atoms with E-state index in [1.165, 1.54) is 4.90 Å². The third kappa shape index (κ3) is 3.33. The number of carboxylic acid groups (broad SMARTS) is 1. The second-order valence-corrected chi connectivity index (χ2v) is 4.42. The summed E-state index contributed by atoms with van der Waals surface area (Å²) in [5.41, 5.74) is 0. The molecular formula is C11H20N2O4. The van der Waals surface area contributed by atoms with E-state index in [1.807, 2.05) is 13.8 Å². The van der Waals surface area contributed by atoms with Gasteiger partial charge < -0.3 is 20.1 Å². The summed E-state index contributed by atoms with van der Waals surface area (Å²) in [6.07, 6.45) is 0.836. The van der Waals surface area contributed by atoms with E-state index in [4.69, 9.17) is 9.84 Å². The molecule has 0 radical (unpaired) electrons. The molecule has 6 heteroatoms. The average Bonchev–Trinajstić information content (AvgIpc) is 2.76. The van der Waals surface area contributed by atoms with Crippen molar-refractivity contribution in [3.63, 3.8) is 0 Å². The van der Waals surface area contributed by atoms with Crippen LogP contribution in [0.25, 0.3) is 0 Å². The molecule has 3 unspecified atom stereocenters. The molecule has 0 aromatic rings. The van der Waals surface area contributed by atoms with Crippen LogP contribution in [-0.2, 0) is 9.53 Å². The Morgan fingerprint density at radius 3 is 2.71 bits per heavy atom. The van der Waals surface area contributed by atoms with E-state index >= 15 is 0 Å². The van der Waals surface area contributed by atoms with Crippen molar-refractivity contribution in [1.82, 2.24) is 10.2 Å². The van der Waals surface area contributed by atoms with Crippen molar-refractivity contribution in [2.24, 2.45) is 5.92 Å². The number of hydrogen-bond acceptors (Lipinski definition) is 3. The van der Waals surface area contributed by atoms with Gasteiger partial charge in [-0.05, 0) is 13.3 Å². The quantitative estimate of drug-likeness (QED) is 0.756. The number of likely N-dealkylation sites (N-methyl/N-ethyl adjacent to an activating group) is 1. The summed E-state index contributed by atoms with van der Waals surface area (Å²) in [5.74, 6) is -1.56. The zero-order chi connectivity index (χ0) is 13.0. The van der Waals surface area contributed by atoms with Crippen molar-refractivity contribution in [3.05, 3.63) is 0 Å². The fourth-order valence-corrected chi connectivity index (χ4v) is 1.73. The zero-order valence-corrected chi connectivity index (χ0v) is 10.5. The first-order valence-corrected chi connectivity index (χ1v) is 5.81. The minimum absolute atomic E-state index is 0.0792. The van der Waals surface area contributed by atoms with Crippen LogP contribution in [0.4, 0.5) is 4.79 Å². The number of rotatable bonds is 4. The van der Waals surface area contributed by atoms with E-state index in [2.05, 4.69) is 5.32 Å². The molecule has 0 aromatic carbocycles. The smallest absolute Gasteiger partial charge is 0.317 e. The van der Waals surface area contributed by atoms with E-state index in [-0.39, 0.29) is 25.3 Å². The SMILES string of the molecule is CCC(C)NC(=O)N(C)C1COCC1C(=O)O. The maximum atomic E-state index is 11.8. The van der Waals surface area contributed by atoms with Gasteiger partial charge >= 0.3 is 12.0 Å². The Kier molecular flexibility index (Phi) is 4.74. The molecule has 0 aliphatic carbocycles. The molecule has 1 fully saturated rings. The normalized spacial score (nSPS) is 25.4. The first-order chi connectivity index (χ1) is 7.97. The predicted molar refractivity (Wildman–Crippen MR) is 61.8 cm³/mol. The Bertz CT molecular complexity index is 295. The number of carbonyl (C=O) groups excluding carboxylic acids is 1. The highest BCUT2D eigenvalue weighted by Gasteiger charge is 2.38. The van der Waals surface area contributed by atoms with E-state index in [9.17, 15) is 9.59 Å². The Hall–Kier alpha value is -1.30. The lowest BCUT2D eigenvalue weighted by atomic mass is 10.0. The molecule has 1 saturated heterocycles. The van der Waals surface area contributed by atoms with Crippen LogP contribution in [0.15, 0.2) is 0 Å².